The molecular weight excluding hydrogens is 308 g/mol. The summed E-state index contributed by atoms with van der Waals surface area (Å²) in [7, 11) is 0. The highest BCUT2D eigenvalue weighted by molar-refractivity contribution is 7.99. The first-order valence-electron chi connectivity index (χ1n) is 8.65. The van der Waals surface area contributed by atoms with E-state index in [9.17, 15) is 0 Å². The summed E-state index contributed by atoms with van der Waals surface area (Å²) >= 11 is 2.09. The van der Waals surface area contributed by atoms with Crippen LogP contribution in [0.15, 0.2) is 6.20 Å². The normalized spacial score (nSPS) is 26.7. The summed E-state index contributed by atoms with van der Waals surface area (Å²) in [5.74, 6) is 2.51. The van der Waals surface area contributed by atoms with Gasteiger partial charge >= 0.3 is 0 Å². The van der Waals surface area contributed by atoms with Crippen LogP contribution in [0.3, 0.4) is 0 Å². The molecule has 0 spiro atoms. The van der Waals surface area contributed by atoms with Crippen molar-refractivity contribution in [3.05, 3.63) is 17.5 Å². The summed E-state index contributed by atoms with van der Waals surface area (Å²) in [6, 6.07) is 0. The predicted octanol–water partition coefficient (Wildman–Crippen LogP) is 2.00. The van der Waals surface area contributed by atoms with Gasteiger partial charge in [-0.2, -0.15) is 16.9 Å². The maximum atomic E-state index is 5.54. The fourth-order valence-corrected chi connectivity index (χ4v) is 5.14. The van der Waals surface area contributed by atoms with Crippen molar-refractivity contribution >= 4 is 11.8 Å². The molecule has 130 valence electrons. The third-order valence-electron chi connectivity index (χ3n) is 5.00. The van der Waals surface area contributed by atoms with E-state index in [4.69, 9.17) is 4.74 Å². The van der Waals surface area contributed by atoms with Gasteiger partial charge in [-0.15, -0.1) is 0 Å². The second-order valence-electron chi connectivity index (χ2n) is 7.75. The Labute approximate surface area is 143 Å². The molecule has 1 unspecified atom stereocenters. The molecule has 0 aliphatic carbocycles. The lowest BCUT2D eigenvalue weighted by molar-refractivity contribution is -0.0134. The number of thioether (sulfide) groups is 1. The van der Waals surface area contributed by atoms with Crippen LogP contribution in [-0.4, -0.2) is 65.0 Å². The van der Waals surface area contributed by atoms with Crippen molar-refractivity contribution in [1.82, 2.24) is 20.4 Å². The van der Waals surface area contributed by atoms with Gasteiger partial charge in [-0.3, -0.25) is 10.00 Å². The monoisotopic (exact) mass is 338 g/mol. The number of H-pyrrole nitrogens is 1. The van der Waals surface area contributed by atoms with Gasteiger partial charge in [-0.25, -0.2) is 0 Å². The van der Waals surface area contributed by atoms with Gasteiger partial charge in [0.1, 0.15) is 0 Å². The van der Waals surface area contributed by atoms with Crippen molar-refractivity contribution in [1.29, 1.82) is 0 Å². The maximum Gasteiger partial charge on any atom is 0.0594 e. The number of nitrogens with one attached hydrogen (secondary N) is 2. The fraction of sp³-hybridized carbons (Fsp3) is 0.824. The zero-order valence-electron chi connectivity index (χ0n) is 14.7. The number of hydrogen-bond donors (Lipinski definition) is 2. The van der Waals surface area contributed by atoms with Gasteiger partial charge in [0, 0.05) is 54.1 Å². The standard InChI is InChI=1S/C17H30N4OS/c1-16(2,3)15-14(11-19-20-15)10-18-12-17(4-9-23-13-17)21-5-7-22-8-6-21/h11,18H,4-10,12-13H2,1-3H3,(H,19,20). The highest BCUT2D eigenvalue weighted by Crippen LogP contribution is 2.33. The van der Waals surface area contributed by atoms with Crippen LogP contribution < -0.4 is 5.32 Å². The molecule has 6 heteroatoms. The second kappa shape index (κ2) is 7.13. The maximum absolute atomic E-state index is 5.54. The van der Waals surface area contributed by atoms with Gasteiger partial charge in [0.25, 0.3) is 0 Å². The van der Waals surface area contributed by atoms with Gasteiger partial charge in [-0.1, -0.05) is 20.8 Å². The van der Waals surface area contributed by atoms with Crippen molar-refractivity contribution < 1.29 is 4.74 Å². The summed E-state index contributed by atoms with van der Waals surface area (Å²) in [4.78, 5) is 2.66. The zero-order valence-corrected chi connectivity index (χ0v) is 15.5. The molecule has 1 atom stereocenters. The molecule has 2 fully saturated rings. The average molecular weight is 339 g/mol. The molecule has 3 rings (SSSR count). The number of aromatic amines is 1. The minimum Gasteiger partial charge on any atom is -0.379 e. The van der Waals surface area contributed by atoms with Crippen LogP contribution in [0.1, 0.15) is 38.4 Å². The molecule has 2 N–H and O–H groups in total. The predicted molar refractivity (Wildman–Crippen MR) is 96.1 cm³/mol. The average Bonchev–Trinajstić information content (AvgIpc) is 3.18. The van der Waals surface area contributed by atoms with Crippen molar-refractivity contribution in [2.75, 3.05) is 44.4 Å². The van der Waals surface area contributed by atoms with E-state index < -0.39 is 0 Å². The smallest absolute Gasteiger partial charge is 0.0594 e. The molecule has 0 bridgehead atoms. The third kappa shape index (κ3) is 3.92. The number of morpholine rings is 1. The Morgan fingerprint density at radius 2 is 2.17 bits per heavy atom. The summed E-state index contributed by atoms with van der Waals surface area (Å²) in [5, 5.41) is 11.2. The van der Waals surface area contributed by atoms with E-state index >= 15 is 0 Å². The molecule has 0 aromatic carbocycles. The molecule has 2 saturated heterocycles. The van der Waals surface area contributed by atoms with E-state index in [0.29, 0.717) is 5.54 Å². The van der Waals surface area contributed by atoms with E-state index in [2.05, 4.69) is 52.9 Å². The topological polar surface area (TPSA) is 53.2 Å². The van der Waals surface area contributed by atoms with Crippen molar-refractivity contribution in [3.63, 3.8) is 0 Å². The SMILES string of the molecule is CC(C)(C)c1[nH]ncc1CNCC1(N2CCOCC2)CCSC1. The van der Waals surface area contributed by atoms with Gasteiger partial charge in [0.05, 0.1) is 19.4 Å². The van der Waals surface area contributed by atoms with Gasteiger partial charge < -0.3 is 10.1 Å². The van der Waals surface area contributed by atoms with E-state index in [1.807, 2.05) is 6.20 Å². The van der Waals surface area contributed by atoms with Crippen LogP contribution in [0.4, 0.5) is 0 Å². The van der Waals surface area contributed by atoms with E-state index in [0.717, 1.165) is 39.4 Å². The van der Waals surface area contributed by atoms with Crippen molar-refractivity contribution in [2.24, 2.45) is 0 Å². The Morgan fingerprint density at radius 3 is 2.83 bits per heavy atom. The number of aromatic nitrogens is 2. The summed E-state index contributed by atoms with van der Waals surface area (Å²) in [5.41, 5.74) is 2.95. The molecule has 0 saturated carbocycles. The van der Waals surface area contributed by atoms with Crippen LogP contribution >= 0.6 is 11.8 Å². The molecule has 3 heterocycles. The zero-order chi connectivity index (χ0) is 16.3. The molecule has 2 aliphatic rings. The first kappa shape index (κ1) is 17.3. The number of ether oxygens (including phenoxy) is 1. The van der Waals surface area contributed by atoms with Gasteiger partial charge in [0.2, 0.25) is 0 Å². The van der Waals surface area contributed by atoms with Crippen LogP contribution in [0, 0.1) is 0 Å². The number of nitrogens with zero attached hydrogens (tertiary/aromatic N) is 2. The minimum absolute atomic E-state index is 0.110. The lowest BCUT2D eigenvalue weighted by Crippen LogP contribution is -2.58. The molecule has 0 radical (unpaired) electrons. The summed E-state index contributed by atoms with van der Waals surface area (Å²) < 4.78 is 5.54. The van der Waals surface area contributed by atoms with E-state index in [1.165, 1.54) is 29.2 Å². The first-order chi connectivity index (χ1) is 11.0. The third-order valence-corrected chi connectivity index (χ3v) is 6.24. The van der Waals surface area contributed by atoms with Crippen LogP contribution in [0.2, 0.25) is 0 Å². The molecule has 0 amide bonds. The highest BCUT2D eigenvalue weighted by Gasteiger charge is 2.40. The molecule has 1 aromatic rings. The first-order valence-corrected chi connectivity index (χ1v) is 9.81. The summed E-state index contributed by atoms with van der Waals surface area (Å²) in [6.07, 6.45) is 3.25. The molecule has 1 aromatic heterocycles. The molecular formula is C17H30N4OS. The second-order valence-corrected chi connectivity index (χ2v) is 8.86. The highest BCUT2D eigenvalue weighted by atomic mass is 32.2. The fourth-order valence-electron chi connectivity index (χ4n) is 3.66. The lowest BCUT2D eigenvalue weighted by Gasteiger charge is -2.43. The van der Waals surface area contributed by atoms with Crippen LogP contribution in [0.25, 0.3) is 0 Å². The van der Waals surface area contributed by atoms with E-state index in [-0.39, 0.29) is 5.41 Å². The Kier molecular flexibility index (Phi) is 5.35. The Bertz CT molecular complexity index is 499. The largest absolute Gasteiger partial charge is 0.379 e. The van der Waals surface area contributed by atoms with Gasteiger partial charge in [0.15, 0.2) is 0 Å². The van der Waals surface area contributed by atoms with Crippen LogP contribution in [0.5, 0.6) is 0 Å². The Morgan fingerprint density at radius 1 is 1.39 bits per heavy atom. The van der Waals surface area contributed by atoms with Crippen molar-refractivity contribution in [2.45, 2.75) is 44.7 Å². The lowest BCUT2D eigenvalue weighted by atomic mass is 9.89. The Hall–Kier alpha value is -0.560. The van der Waals surface area contributed by atoms with E-state index in [1.54, 1.807) is 0 Å². The minimum atomic E-state index is 0.110. The van der Waals surface area contributed by atoms with Crippen molar-refractivity contribution in [3.8, 4) is 0 Å². The molecule has 2 aliphatic heterocycles. The Balaban J connectivity index is 1.61. The summed E-state index contributed by atoms with van der Waals surface area (Å²) in [6.45, 7) is 12.5. The molecule has 5 nitrogen and oxygen atoms in total. The quantitative estimate of drug-likeness (QED) is 0.860. The molecule has 23 heavy (non-hydrogen) atoms. The number of hydrogen-bond acceptors (Lipinski definition) is 5. The van der Waals surface area contributed by atoms with Crippen LogP contribution in [-0.2, 0) is 16.7 Å². The number of rotatable bonds is 5. The van der Waals surface area contributed by atoms with Gasteiger partial charge in [-0.05, 0) is 12.2 Å².